The highest BCUT2D eigenvalue weighted by molar-refractivity contribution is 5.61. The van der Waals surface area contributed by atoms with Crippen molar-refractivity contribution < 1.29 is 44.2 Å². The van der Waals surface area contributed by atoms with Crippen LogP contribution in [0.4, 0.5) is 10.5 Å². The number of fused-ring (bicyclic) bond motifs is 1. The summed E-state index contributed by atoms with van der Waals surface area (Å²) < 4.78 is 21.2. The summed E-state index contributed by atoms with van der Waals surface area (Å²) in [6.45, 7) is 0.206. The molecule has 2 aliphatic heterocycles. The summed E-state index contributed by atoms with van der Waals surface area (Å²) in [4.78, 5) is 10.8. The van der Waals surface area contributed by atoms with E-state index in [4.69, 9.17) is 19.3 Å². The van der Waals surface area contributed by atoms with Crippen LogP contribution in [0.15, 0.2) is 36.4 Å². The molecule has 1 saturated heterocycles. The van der Waals surface area contributed by atoms with Gasteiger partial charge in [-0.15, -0.1) is 0 Å². The van der Waals surface area contributed by atoms with Crippen molar-refractivity contribution in [2.45, 2.75) is 62.2 Å². The molecule has 10 heteroatoms. The molecule has 1 aliphatic carbocycles. The number of aliphatic hydroxyl groups is 3. The Balaban J connectivity index is 1.39. The summed E-state index contributed by atoms with van der Waals surface area (Å²) in [7, 11) is 1.38. The Hall–Kier alpha value is -2.89. The van der Waals surface area contributed by atoms with Gasteiger partial charge in [-0.2, -0.15) is 0 Å². The Morgan fingerprint density at radius 1 is 1.09 bits per heavy atom. The van der Waals surface area contributed by atoms with Gasteiger partial charge in [0.15, 0.2) is 6.29 Å². The summed E-state index contributed by atoms with van der Waals surface area (Å²) in [5, 5.41) is 42.9. The number of aliphatic hydroxyl groups excluding tert-OH is 3. The minimum atomic E-state index is -1.40. The molecule has 10 nitrogen and oxygen atoms in total. The normalized spacial score (nSPS) is 30.1. The summed E-state index contributed by atoms with van der Waals surface area (Å²) >= 11 is 0. The monoisotopic (exact) mass is 487 g/mol. The van der Waals surface area contributed by atoms with Gasteiger partial charge in [-0.3, -0.25) is 0 Å². The molecule has 2 heterocycles. The average molecular weight is 488 g/mol. The van der Waals surface area contributed by atoms with Crippen LogP contribution in [0.1, 0.15) is 47.1 Å². The molecule has 0 spiro atoms. The molecule has 6 atom stereocenters. The minimum absolute atomic E-state index is 0.206. The van der Waals surface area contributed by atoms with Gasteiger partial charge in [0.25, 0.3) is 6.29 Å². The van der Waals surface area contributed by atoms with E-state index in [0.717, 1.165) is 29.7 Å². The van der Waals surface area contributed by atoms with Crippen LogP contribution in [0.5, 0.6) is 5.75 Å². The number of carboxylic acid groups (broad SMARTS) is 1. The molecule has 2 aromatic carbocycles. The van der Waals surface area contributed by atoms with Gasteiger partial charge in [0.05, 0.1) is 12.2 Å². The maximum absolute atomic E-state index is 10.8. The third-order valence-electron chi connectivity index (χ3n) is 6.70. The van der Waals surface area contributed by atoms with E-state index < -0.39 is 43.2 Å². The van der Waals surface area contributed by atoms with Gasteiger partial charge in [-0.05, 0) is 59.6 Å². The molecule has 0 aromatic heterocycles. The van der Waals surface area contributed by atoms with Crippen molar-refractivity contribution in [3.8, 4) is 5.75 Å². The van der Waals surface area contributed by atoms with E-state index in [1.165, 1.54) is 12.7 Å². The maximum Gasteiger partial charge on any atom is 0.508 e. The molecule has 3 aliphatic rings. The molecule has 1 unspecified atom stereocenters. The van der Waals surface area contributed by atoms with E-state index >= 15 is 0 Å². The third kappa shape index (κ3) is 4.93. The molecule has 5 rings (SSSR count). The zero-order valence-corrected chi connectivity index (χ0v) is 19.2. The molecule has 188 valence electrons. The number of carbonyl (C=O) groups is 1. The smallest absolute Gasteiger partial charge is 0.451 e. The highest BCUT2D eigenvalue weighted by atomic mass is 16.8. The Bertz CT molecular complexity index is 1090. The number of anilines is 1. The lowest BCUT2D eigenvalue weighted by molar-refractivity contribution is -0.292. The van der Waals surface area contributed by atoms with E-state index in [1.54, 1.807) is 6.07 Å². The zero-order valence-electron chi connectivity index (χ0n) is 19.2. The van der Waals surface area contributed by atoms with Crippen molar-refractivity contribution in [2.24, 2.45) is 0 Å². The third-order valence-corrected chi connectivity index (χ3v) is 6.70. The highest BCUT2D eigenvalue weighted by Crippen LogP contribution is 2.44. The first-order valence-electron chi connectivity index (χ1n) is 11.6. The number of benzene rings is 2. The summed E-state index contributed by atoms with van der Waals surface area (Å²) in [6.07, 6.45) is -5.39. The highest BCUT2D eigenvalue weighted by Gasteiger charge is 2.44. The number of methoxy groups -OCH3 is 1. The number of rotatable bonds is 6. The molecule has 2 aromatic rings. The molecule has 0 bridgehead atoms. The molecule has 5 N–H and O–H groups in total. The quantitative estimate of drug-likeness (QED) is 0.384. The molecular weight excluding hydrogens is 458 g/mol. The lowest BCUT2D eigenvalue weighted by atomic mass is 9.89. The van der Waals surface area contributed by atoms with E-state index in [1.807, 2.05) is 30.3 Å². The lowest BCUT2D eigenvalue weighted by Gasteiger charge is -2.40. The van der Waals surface area contributed by atoms with Crippen LogP contribution in [0.25, 0.3) is 0 Å². The van der Waals surface area contributed by atoms with Gasteiger partial charge in [0.2, 0.25) is 0 Å². The fourth-order valence-electron chi connectivity index (χ4n) is 4.77. The van der Waals surface area contributed by atoms with Crippen molar-refractivity contribution in [3.05, 3.63) is 58.7 Å². The fraction of sp³-hybridized carbons (Fsp3) is 0.480. The topological polar surface area (TPSA) is 147 Å². The first-order chi connectivity index (χ1) is 16.8. The Morgan fingerprint density at radius 3 is 2.60 bits per heavy atom. The van der Waals surface area contributed by atoms with Crippen LogP contribution < -0.4 is 10.1 Å². The zero-order chi connectivity index (χ0) is 24.7. The molecule has 0 amide bonds. The lowest BCUT2D eigenvalue weighted by Crippen LogP contribution is -2.54. The van der Waals surface area contributed by atoms with Crippen molar-refractivity contribution in [3.63, 3.8) is 0 Å². The number of ether oxygens (including phenoxy) is 4. The van der Waals surface area contributed by atoms with Gasteiger partial charge in [0.1, 0.15) is 30.2 Å². The number of hydrogen-bond donors (Lipinski definition) is 5. The van der Waals surface area contributed by atoms with Crippen LogP contribution in [-0.2, 0) is 20.6 Å². The molecular formula is C25H29NO9. The van der Waals surface area contributed by atoms with E-state index in [2.05, 4.69) is 10.1 Å². The average Bonchev–Trinajstić information content (AvgIpc) is 3.68. The van der Waals surface area contributed by atoms with Crippen LogP contribution >= 0.6 is 0 Å². The van der Waals surface area contributed by atoms with Gasteiger partial charge in [-0.25, -0.2) is 4.79 Å². The maximum atomic E-state index is 10.8. The van der Waals surface area contributed by atoms with E-state index in [-0.39, 0.29) is 6.54 Å². The Morgan fingerprint density at radius 2 is 1.89 bits per heavy atom. The van der Waals surface area contributed by atoms with Crippen molar-refractivity contribution in [1.82, 2.24) is 0 Å². The molecule has 2 fully saturated rings. The predicted octanol–water partition coefficient (Wildman–Crippen LogP) is 2.11. The fourth-order valence-corrected chi connectivity index (χ4v) is 4.77. The van der Waals surface area contributed by atoms with Crippen molar-refractivity contribution in [2.75, 3.05) is 19.0 Å². The Labute approximate surface area is 202 Å². The largest absolute Gasteiger partial charge is 0.508 e. The molecule has 35 heavy (non-hydrogen) atoms. The van der Waals surface area contributed by atoms with Crippen LogP contribution in [0.2, 0.25) is 0 Å². The standard InChI is InChI=1S/C25H29NO9/c1-32-24-22(29)20(27)21(28)23(35-24)14-5-6-16(13-3-4-13)15(10-14)8-12-2-7-18-17(9-12)26-11-19(33-18)34-25(30)31/h2,5-7,9-10,13,19-24,26-29H,3-4,8,11H2,1H3,(H,30,31)/t19?,20-,21-,22+,23+,24+/m1/s1. The SMILES string of the molecule is CO[C@H]1O[C@@H](c2ccc(C3CC3)c(Cc3ccc4c(c3)NCC(OC(=O)O)O4)c2)[C@H](O)[C@@H](O)[C@@H]1O. The van der Waals surface area contributed by atoms with Crippen LogP contribution in [-0.4, -0.2) is 71.1 Å². The van der Waals surface area contributed by atoms with Crippen molar-refractivity contribution >= 4 is 11.8 Å². The number of hydrogen-bond acceptors (Lipinski definition) is 9. The van der Waals surface area contributed by atoms with E-state index in [9.17, 15) is 20.1 Å². The predicted molar refractivity (Wildman–Crippen MR) is 122 cm³/mol. The van der Waals surface area contributed by atoms with Gasteiger partial charge >= 0.3 is 6.16 Å². The first kappa shape index (κ1) is 23.8. The van der Waals surface area contributed by atoms with Gasteiger partial charge in [-0.1, -0.05) is 24.3 Å². The second kappa shape index (κ2) is 9.63. The van der Waals surface area contributed by atoms with Crippen molar-refractivity contribution in [1.29, 1.82) is 0 Å². The second-order valence-electron chi connectivity index (χ2n) is 9.18. The Kier molecular flexibility index (Phi) is 6.56. The minimum Gasteiger partial charge on any atom is -0.451 e. The first-order valence-corrected chi connectivity index (χ1v) is 11.6. The van der Waals surface area contributed by atoms with Crippen LogP contribution in [0, 0.1) is 0 Å². The van der Waals surface area contributed by atoms with Crippen LogP contribution in [0.3, 0.4) is 0 Å². The van der Waals surface area contributed by atoms with E-state index in [0.29, 0.717) is 23.7 Å². The summed E-state index contributed by atoms with van der Waals surface area (Å²) in [6, 6.07) is 11.6. The molecule has 0 radical (unpaired) electrons. The van der Waals surface area contributed by atoms with Gasteiger partial charge in [0, 0.05) is 7.11 Å². The molecule has 1 saturated carbocycles. The summed E-state index contributed by atoms with van der Waals surface area (Å²) in [5.74, 6) is 1.00. The summed E-state index contributed by atoms with van der Waals surface area (Å²) in [5.41, 5.74) is 4.78. The second-order valence-corrected chi connectivity index (χ2v) is 9.18. The number of nitrogens with one attached hydrogen (secondary N) is 1. The van der Waals surface area contributed by atoms with Gasteiger partial charge < -0.3 is 44.7 Å².